The van der Waals surface area contributed by atoms with Crippen molar-refractivity contribution in [2.24, 2.45) is 0 Å². The highest BCUT2D eigenvalue weighted by atomic mass is 32.1. The first kappa shape index (κ1) is 23.7. The molecule has 0 aliphatic carbocycles. The smallest absolute Gasteiger partial charge is 0.465 e. The summed E-state index contributed by atoms with van der Waals surface area (Å²) in [5.74, 6) is -0.639. The van der Waals surface area contributed by atoms with Crippen molar-refractivity contribution >= 4 is 34.5 Å². The van der Waals surface area contributed by atoms with Crippen LogP contribution in [0, 0.1) is 0 Å². The van der Waals surface area contributed by atoms with Gasteiger partial charge < -0.3 is 24.3 Å². The molecule has 4 heterocycles. The van der Waals surface area contributed by atoms with Gasteiger partial charge in [0.1, 0.15) is 5.01 Å². The molecular weight excluding hydrogens is 489 g/mol. The Morgan fingerprint density at radius 2 is 1.94 bits per heavy atom. The summed E-state index contributed by atoms with van der Waals surface area (Å²) in [4.78, 5) is 23.6. The molecule has 2 aliphatic heterocycles. The number of benzene rings is 1. The van der Waals surface area contributed by atoms with Crippen molar-refractivity contribution in [2.75, 3.05) is 18.0 Å². The summed E-state index contributed by atoms with van der Waals surface area (Å²) >= 11 is 1.26. The Hall–Kier alpha value is -3.06. The van der Waals surface area contributed by atoms with E-state index in [1.54, 1.807) is 16.5 Å². The first-order chi connectivity index (χ1) is 16.4. The number of rotatable bonds is 4. The van der Waals surface area contributed by atoms with Gasteiger partial charge in [0.25, 0.3) is 6.01 Å². The van der Waals surface area contributed by atoms with E-state index in [9.17, 15) is 28.2 Å². The van der Waals surface area contributed by atoms with Crippen LogP contribution >= 0.6 is 11.3 Å². The number of amides is 1. The van der Waals surface area contributed by atoms with Gasteiger partial charge in [0.15, 0.2) is 16.8 Å². The molecule has 13 heteroatoms. The standard InChI is InChI=1S/C22H23F3N4O5S/c1-21(2,32)14-8-13(18-26-6-7-35-18)16-15(17(14)34-22(23,24)25)27-19(33-16)28-9-11-4-3-5-12(10-28)29(11)20(30)31/h6-8,11-12,32H,3-5,9-10H2,1-2H3,(H,30,31). The largest absolute Gasteiger partial charge is 0.573 e. The molecule has 9 nitrogen and oxygen atoms in total. The number of fused-ring (bicyclic) bond motifs is 3. The number of carbonyl (C=O) groups is 1. The average molecular weight is 513 g/mol. The van der Waals surface area contributed by atoms with Crippen LogP contribution in [0.4, 0.5) is 24.0 Å². The van der Waals surface area contributed by atoms with E-state index in [4.69, 9.17) is 4.42 Å². The minimum atomic E-state index is -5.03. The van der Waals surface area contributed by atoms with Crippen LogP contribution in [-0.4, -0.2) is 62.7 Å². The summed E-state index contributed by atoms with van der Waals surface area (Å²) in [6, 6.07) is 0.908. The lowest BCUT2D eigenvalue weighted by atomic mass is 9.92. The third kappa shape index (κ3) is 4.38. The monoisotopic (exact) mass is 512 g/mol. The number of aromatic nitrogens is 2. The van der Waals surface area contributed by atoms with E-state index in [-0.39, 0.29) is 34.8 Å². The molecule has 2 atom stereocenters. The molecule has 2 saturated heterocycles. The fourth-order valence-corrected chi connectivity index (χ4v) is 5.60. The van der Waals surface area contributed by atoms with E-state index in [2.05, 4.69) is 14.7 Å². The second-order valence-electron chi connectivity index (χ2n) is 9.25. The van der Waals surface area contributed by atoms with Gasteiger partial charge in [0.2, 0.25) is 0 Å². The number of thiazole rings is 1. The van der Waals surface area contributed by atoms with E-state index in [0.29, 0.717) is 36.5 Å². The highest BCUT2D eigenvalue weighted by Gasteiger charge is 2.42. The zero-order valence-corrected chi connectivity index (χ0v) is 19.7. The van der Waals surface area contributed by atoms with Crippen molar-refractivity contribution in [1.82, 2.24) is 14.9 Å². The van der Waals surface area contributed by atoms with E-state index in [0.717, 1.165) is 6.42 Å². The van der Waals surface area contributed by atoms with Crippen LogP contribution < -0.4 is 9.64 Å². The molecule has 2 fully saturated rings. The van der Waals surface area contributed by atoms with Gasteiger partial charge in [-0.1, -0.05) is 0 Å². The lowest BCUT2D eigenvalue weighted by molar-refractivity contribution is -0.274. The van der Waals surface area contributed by atoms with Gasteiger partial charge in [0, 0.05) is 30.2 Å². The number of piperidine rings is 1. The summed E-state index contributed by atoms with van der Waals surface area (Å²) in [5, 5.41) is 22.5. The lowest BCUT2D eigenvalue weighted by Crippen LogP contribution is -2.62. The average Bonchev–Trinajstić information content (AvgIpc) is 3.41. The third-order valence-corrected chi connectivity index (χ3v) is 7.17. The molecule has 35 heavy (non-hydrogen) atoms. The number of hydrogen-bond donors (Lipinski definition) is 2. The Labute approximate surface area is 201 Å². The topological polar surface area (TPSA) is 112 Å². The zero-order chi connectivity index (χ0) is 25.1. The number of anilines is 1. The van der Waals surface area contributed by atoms with E-state index in [1.807, 2.05) is 0 Å². The Morgan fingerprint density at radius 1 is 1.26 bits per heavy atom. The maximum absolute atomic E-state index is 13.4. The van der Waals surface area contributed by atoms with Gasteiger partial charge in [-0.25, -0.2) is 9.78 Å². The maximum atomic E-state index is 13.4. The van der Waals surface area contributed by atoms with Gasteiger partial charge in [-0.3, -0.25) is 4.90 Å². The second-order valence-corrected chi connectivity index (χ2v) is 10.1. The van der Waals surface area contributed by atoms with Crippen molar-refractivity contribution in [3.8, 4) is 16.3 Å². The molecular formula is C22H23F3N4O5S. The first-order valence-corrected chi connectivity index (χ1v) is 11.9. The van der Waals surface area contributed by atoms with Crippen LogP contribution in [0.5, 0.6) is 5.75 Å². The fourth-order valence-electron chi connectivity index (χ4n) is 4.95. The molecule has 2 aromatic heterocycles. The molecule has 1 aromatic carbocycles. The molecule has 1 amide bonds. The summed E-state index contributed by atoms with van der Waals surface area (Å²) in [6.07, 6.45) is -2.21. The Balaban J connectivity index is 1.67. The van der Waals surface area contributed by atoms with Gasteiger partial charge in [-0.2, -0.15) is 4.98 Å². The second kappa shape index (κ2) is 8.26. The first-order valence-electron chi connectivity index (χ1n) is 11.0. The number of piperazine rings is 1. The minimum Gasteiger partial charge on any atom is -0.465 e. The molecule has 0 spiro atoms. The number of alkyl halides is 3. The van der Waals surface area contributed by atoms with Gasteiger partial charge in [-0.05, 0) is 39.2 Å². The predicted molar refractivity (Wildman–Crippen MR) is 121 cm³/mol. The van der Waals surface area contributed by atoms with Gasteiger partial charge in [0.05, 0.1) is 23.2 Å². The maximum Gasteiger partial charge on any atom is 0.573 e. The van der Waals surface area contributed by atoms with Crippen molar-refractivity contribution in [3.63, 3.8) is 0 Å². The molecule has 0 saturated carbocycles. The van der Waals surface area contributed by atoms with Gasteiger partial charge in [-0.15, -0.1) is 24.5 Å². The van der Waals surface area contributed by atoms with Crippen LogP contribution in [0.2, 0.25) is 0 Å². The van der Waals surface area contributed by atoms with E-state index in [1.165, 1.54) is 36.2 Å². The van der Waals surface area contributed by atoms with E-state index < -0.39 is 23.8 Å². The van der Waals surface area contributed by atoms with E-state index >= 15 is 0 Å². The van der Waals surface area contributed by atoms with Crippen LogP contribution in [0.1, 0.15) is 38.7 Å². The van der Waals surface area contributed by atoms with Crippen LogP contribution in [0.3, 0.4) is 0 Å². The summed E-state index contributed by atoms with van der Waals surface area (Å²) in [6.45, 7) is 3.32. The van der Waals surface area contributed by atoms with Crippen molar-refractivity contribution in [3.05, 3.63) is 23.2 Å². The number of oxazole rings is 1. The fraction of sp³-hybridized carbons (Fsp3) is 0.500. The molecule has 2 bridgehead atoms. The minimum absolute atomic E-state index is 0.0491. The normalized spacial score (nSPS) is 21.0. The Kier molecular flexibility index (Phi) is 5.59. The number of nitrogens with zero attached hydrogens (tertiary/aromatic N) is 4. The van der Waals surface area contributed by atoms with Crippen molar-refractivity contribution in [1.29, 1.82) is 0 Å². The van der Waals surface area contributed by atoms with Crippen LogP contribution in [0.15, 0.2) is 22.1 Å². The highest BCUT2D eigenvalue weighted by molar-refractivity contribution is 7.13. The van der Waals surface area contributed by atoms with Crippen molar-refractivity contribution < 1.29 is 37.3 Å². The molecule has 5 rings (SSSR count). The van der Waals surface area contributed by atoms with Gasteiger partial charge >= 0.3 is 12.5 Å². The number of aliphatic hydroxyl groups is 1. The zero-order valence-electron chi connectivity index (χ0n) is 18.9. The Bertz CT molecular complexity index is 1240. The molecule has 2 unspecified atom stereocenters. The molecule has 3 aromatic rings. The molecule has 2 N–H and O–H groups in total. The number of halogens is 3. The third-order valence-electron chi connectivity index (χ3n) is 6.36. The molecule has 2 aliphatic rings. The van der Waals surface area contributed by atoms with Crippen LogP contribution in [0.25, 0.3) is 21.7 Å². The predicted octanol–water partition coefficient (Wildman–Crippen LogP) is 4.80. The number of hydrogen-bond acceptors (Lipinski definition) is 8. The SMILES string of the molecule is CC(C)(O)c1cc(-c2nccs2)c2oc(N3CC4CCCC(C3)N4C(=O)O)nc2c1OC(F)(F)F. The summed E-state index contributed by atoms with van der Waals surface area (Å²) < 4.78 is 50.6. The lowest BCUT2D eigenvalue weighted by Gasteiger charge is -2.48. The quantitative estimate of drug-likeness (QED) is 0.513. The summed E-state index contributed by atoms with van der Waals surface area (Å²) in [7, 11) is 0. The van der Waals surface area contributed by atoms with Crippen LogP contribution in [-0.2, 0) is 5.60 Å². The Morgan fingerprint density at radius 3 is 2.49 bits per heavy atom. The molecule has 0 radical (unpaired) electrons. The highest BCUT2D eigenvalue weighted by Crippen LogP contribution is 2.45. The molecule has 188 valence electrons. The number of ether oxygens (including phenoxy) is 1. The van der Waals surface area contributed by atoms with Crippen molar-refractivity contribution in [2.45, 2.75) is 57.2 Å². The number of carboxylic acid groups (broad SMARTS) is 1. The summed E-state index contributed by atoms with van der Waals surface area (Å²) in [5.41, 5.74) is -1.56.